The molecule has 0 fully saturated rings. The molecule has 192 valence electrons. The first kappa shape index (κ1) is 25.8. The number of carbonyl (C=O) groups excluding carboxylic acids is 1. The molecule has 8 heteroatoms. The first-order chi connectivity index (χ1) is 18.4. The van der Waals surface area contributed by atoms with Gasteiger partial charge in [0.2, 0.25) is 0 Å². The Labute approximate surface area is 229 Å². The predicted molar refractivity (Wildman–Crippen MR) is 156 cm³/mol. The number of hydrogen-bond donors (Lipinski definition) is 0. The fraction of sp³-hybridized carbons (Fsp3) is 0.167. The third-order valence-electron chi connectivity index (χ3n) is 6.38. The van der Waals surface area contributed by atoms with E-state index in [-0.39, 0.29) is 17.1 Å². The van der Waals surface area contributed by atoms with Crippen LogP contribution >= 0.6 is 23.1 Å². The fourth-order valence-corrected chi connectivity index (χ4v) is 6.49. The summed E-state index contributed by atoms with van der Waals surface area (Å²) in [7, 11) is 1.64. The lowest BCUT2D eigenvalue weighted by Gasteiger charge is -2.11. The molecule has 0 saturated heterocycles. The van der Waals surface area contributed by atoms with Crippen molar-refractivity contribution in [2.24, 2.45) is 0 Å². The van der Waals surface area contributed by atoms with E-state index < -0.39 is 0 Å². The standard InChI is InChI=1S/C30H27N3O3S2/c1-5-15-32-29(35)25-17-27(21-9-7-6-8-10-21)38-28(25)31-30(32)37-18-26(34)24-16-19(2)33(20(24)3)22-11-13-23(36-4)14-12-22/h5-14,16-17H,1,15,18H2,2-4H3. The lowest BCUT2D eigenvalue weighted by atomic mass is 10.2. The number of ether oxygens (including phenoxy) is 1. The molecule has 3 heterocycles. The van der Waals surface area contributed by atoms with Gasteiger partial charge >= 0.3 is 0 Å². The van der Waals surface area contributed by atoms with Crippen molar-refractivity contribution in [3.05, 3.63) is 107 Å². The minimum absolute atomic E-state index is 0.0153. The molecule has 2 aromatic carbocycles. The van der Waals surface area contributed by atoms with Crippen molar-refractivity contribution in [3.63, 3.8) is 0 Å². The second-order valence-corrected chi connectivity index (χ2v) is 10.8. The molecule has 0 amide bonds. The van der Waals surface area contributed by atoms with Gasteiger partial charge in [0.15, 0.2) is 10.9 Å². The molecule has 0 atom stereocenters. The Balaban J connectivity index is 1.44. The number of thiophene rings is 1. The Morgan fingerprint density at radius 3 is 2.53 bits per heavy atom. The largest absolute Gasteiger partial charge is 0.497 e. The number of benzene rings is 2. The van der Waals surface area contributed by atoms with Crippen LogP contribution in [0.1, 0.15) is 21.7 Å². The smallest absolute Gasteiger partial charge is 0.263 e. The summed E-state index contributed by atoms with van der Waals surface area (Å²) in [6.07, 6.45) is 1.67. The first-order valence-corrected chi connectivity index (χ1v) is 13.9. The quantitative estimate of drug-likeness (QED) is 0.0899. The topological polar surface area (TPSA) is 66.1 Å². The summed E-state index contributed by atoms with van der Waals surface area (Å²) >= 11 is 2.77. The molecule has 0 aliphatic carbocycles. The molecule has 5 rings (SSSR count). The van der Waals surface area contributed by atoms with Gasteiger partial charge in [-0.1, -0.05) is 48.2 Å². The maximum Gasteiger partial charge on any atom is 0.263 e. The maximum atomic E-state index is 13.4. The van der Waals surface area contributed by atoms with Crippen molar-refractivity contribution in [2.75, 3.05) is 12.9 Å². The van der Waals surface area contributed by atoms with Gasteiger partial charge in [-0.2, -0.15) is 0 Å². The van der Waals surface area contributed by atoms with E-state index in [2.05, 4.69) is 11.1 Å². The van der Waals surface area contributed by atoms with Crippen LogP contribution in [0, 0.1) is 13.8 Å². The zero-order valence-electron chi connectivity index (χ0n) is 21.4. The second kappa shape index (κ2) is 10.8. The minimum atomic E-state index is -0.124. The molecule has 0 bridgehead atoms. The summed E-state index contributed by atoms with van der Waals surface area (Å²) in [5.41, 5.74) is 4.38. The number of carbonyl (C=O) groups is 1. The third-order valence-corrected chi connectivity index (χ3v) is 8.44. The molecule has 3 aromatic heterocycles. The minimum Gasteiger partial charge on any atom is -0.497 e. The zero-order valence-corrected chi connectivity index (χ0v) is 23.1. The van der Waals surface area contributed by atoms with Gasteiger partial charge in [-0.05, 0) is 55.8 Å². The highest BCUT2D eigenvalue weighted by Gasteiger charge is 2.20. The number of hydrogen-bond acceptors (Lipinski definition) is 6. The SMILES string of the molecule is C=CCn1c(SCC(=O)c2cc(C)n(-c3ccc(OC)cc3)c2C)nc2sc(-c3ccccc3)cc2c1=O. The van der Waals surface area contributed by atoms with Gasteiger partial charge in [-0.15, -0.1) is 17.9 Å². The molecule has 0 saturated carbocycles. The van der Waals surface area contributed by atoms with Crippen molar-refractivity contribution in [3.8, 4) is 21.9 Å². The van der Waals surface area contributed by atoms with Gasteiger partial charge < -0.3 is 9.30 Å². The van der Waals surface area contributed by atoms with Crippen molar-refractivity contribution >= 4 is 39.1 Å². The Morgan fingerprint density at radius 1 is 1.11 bits per heavy atom. The van der Waals surface area contributed by atoms with E-state index in [4.69, 9.17) is 9.72 Å². The summed E-state index contributed by atoms with van der Waals surface area (Å²) in [6, 6.07) is 21.5. The lowest BCUT2D eigenvalue weighted by Crippen LogP contribution is -2.22. The van der Waals surface area contributed by atoms with Crippen LogP contribution in [0.4, 0.5) is 0 Å². The van der Waals surface area contributed by atoms with Gasteiger partial charge in [0.1, 0.15) is 10.6 Å². The Bertz CT molecular complexity index is 1700. The molecule has 0 unspecified atom stereocenters. The van der Waals surface area contributed by atoms with Gasteiger partial charge in [0, 0.05) is 34.1 Å². The third kappa shape index (κ3) is 4.85. The number of fused-ring (bicyclic) bond motifs is 1. The van der Waals surface area contributed by atoms with Gasteiger partial charge in [0.05, 0.1) is 18.2 Å². The van der Waals surface area contributed by atoms with E-state index in [1.807, 2.05) is 80.6 Å². The number of ketones is 1. The highest BCUT2D eigenvalue weighted by atomic mass is 32.2. The van der Waals surface area contributed by atoms with E-state index >= 15 is 0 Å². The van der Waals surface area contributed by atoms with Crippen LogP contribution in [-0.2, 0) is 6.54 Å². The predicted octanol–water partition coefficient (Wildman–Crippen LogP) is 6.70. The van der Waals surface area contributed by atoms with Crippen molar-refractivity contribution in [2.45, 2.75) is 25.5 Å². The normalized spacial score (nSPS) is 11.1. The Hall–Kier alpha value is -3.88. The van der Waals surface area contributed by atoms with Crippen molar-refractivity contribution in [1.82, 2.24) is 14.1 Å². The van der Waals surface area contributed by atoms with Crippen LogP contribution in [0.15, 0.2) is 89.3 Å². The van der Waals surface area contributed by atoms with E-state index in [0.717, 1.165) is 33.3 Å². The van der Waals surface area contributed by atoms with Crippen molar-refractivity contribution < 1.29 is 9.53 Å². The molecule has 0 aliphatic heterocycles. The molecule has 0 radical (unpaired) electrons. The number of nitrogens with zero attached hydrogens (tertiary/aromatic N) is 3. The summed E-state index contributed by atoms with van der Waals surface area (Å²) in [5, 5.41) is 1.09. The number of aryl methyl sites for hydroxylation is 1. The number of allylic oxidation sites excluding steroid dienone is 1. The van der Waals surface area contributed by atoms with Crippen LogP contribution < -0.4 is 10.3 Å². The van der Waals surface area contributed by atoms with Crippen LogP contribution in [0.2, 0.25) is 0 Å². The van der Waals surface area contributed by atoms with Crippen molar-refractivity contribution in [1.29, 1.82) is 0 Å². The highest BCUT2D eigenvalue weighted by molar-refractivity contribution is 7.99. The molecule has 5 aromatic rings. The van der Waals surface area contributed by atoms with E-state index in [0.29, 0.717) is 27.5 Å². The summed E-state index contributed by atoms with van der Waals surface area (Å²) in [6.45, 7) is 8.06. The van der Waals surface area contributed by atoms with E-state index in [1.54, 1.807) is 17.8 Å². The molecule has 38 heavy (non-hydrogen) atoms. The molecular formula is C30H27N3O3S2. The van der Waals surface area contributed by atoms with E-state index in [9.17, 15) is 9.59 Å². The second-order valence-electron chi connectivity index (χ2n) is 8.82. The Kier molecular flexibility index (Phi) is 7.35. The zero-order chi connectivity index (χ0) is 26.8. The van der Waals surface area contributed by atoms with Gasteiger partial charge in [-0.3, -0.25) is 14.2 Å². The van der Waals surface area contributed by atoms with Crippen LogP contribution in [-0.4, -0.2) is 32.8 Å². The summed E-state index contributed by atoms with van der Waals surface area (Å²) in [5.74, 6) is 0.929. The first-order valence-electron chi connectivity index (χ1n) is 12.1. The molecule has 0 aliphatic rings. The number of aromatic nitrogens is 3. The monoisotopic (exact) mass is 541 g/mol. The average molecular weight is 542 g/mol. The Morgan fingerprint density at radius 2 is 1.84 bits per heavy atom. The molecular weight excluding hydrogens is 514 g/mol. The molecule has 0 N–H and O–H groups in total. The average Bonchev–Trinajstić information content (AvgIpc) is 3.50. The lowest BCUT2D eigenvalue weighted by molar-refractivity contribution is 0.102. The van der Waals surface area contributed by atoms with E-state index in [1.165, 1.54) is 23.1 Å². The highest BCUT2D eigenvalue weighted by Crippen LogP contribution is 2.32. The number of thioether (sulfide) groups is 1. The molecule has 0 spiro atoms. The van der Waals surface area contributed by atoms with Crippen LogP contribution in [0.3, 0.4) is 0 Å². The maximum absolute atomic E-state index is 13.4. The molecule has 6 nitrogen and oxygen atoms in total. The van der Waals surface area contributed by atoms with Gasteiger partial charge in [-0.25, -0.2) is 4.98 Å². The summed E-state index contributed by atoms with van der Waals surface area (Å²) < 4.78 is 8.92. The van der Waals surface area contributed by atoms with Crippen LogP contribution in [0.25, 0.3) is 26.3 Å². The summed E-state index contributed by atoms with van der Waals surface area (Å²) in [4.78, 5) is 33.2. The van der Waals surface area contributed by atoms with Crippen LogP contribution in [0.5, 0.6) is 5.75 Å². The number of rotatable bonds is 9. The number of methoxy groups -OCH3 is 1. The fourth-order valence-electron chi connectivity index (χ4n) is 4.52. The number of Topliss-reactive ketones (excluding diaryl/α,β-unsaturated/α-hetero) is 1. The van der Waals surface area contributed by atoms with Gasteiger partial charge in [0.25, 0.3) is 5.56 Å².